The van der Waals surface area contributed by atoms with Crippen molar-refractivity contribution in [1.29, 1.82) is 0 Å². The molecule has 0 aliphatic carbocycles. The summed E-state index contributed by atoms with van der Waals surface area (Å²) in [5.41, 5.74) is 6.97. The van der Waals surface area contributed by atoms with E-state index in [9.17, 15) is 9.90 Å². The molecule has 1 fully saturated rings. The highest BCUT2D eigenvalue weighted by Crippen LogP contribution is 2.33. The molecule has 0 spiro atoms. The predicted molar refractivity (Wildman–Crippen MR) is 78.1 cm³/mol. The molecule has 2 unspecified atom stereocenters. The van der Waals surface area contributed by atoms with Crippen LogP contribution in [-0.4, -0.2) is 34.6 Å². The molecule has 0 bridgehead atoms. The Labute approximate surface area is 123 Å². The zero-order valence-electron chi connectivity index (χ0n) is 11.2. The second-order valence-corrected chi connectivity index (χ2v) is 5.47. The Balaban J connectivity index is 2.29. The van der Waals surface area contributed by atoms with Crippen LogP contribution in [0.25, 0.3) is 0 Å². The van der Waals surface area contributed by atoms with E-state index >= 15 is 0 Å². The van der Waals surface area contributed by atoms with Crippen LogP contribution in [0.2, 0.25) is 5.02 Å². The normalized spacial score (nSPS) is 24.3. The lowest BCUT2D eigenvalue weighted by molar-refractivity contribution is -0.122. The van der Waals surface area contributed by atoms with Crippen LogP contribution in [-0.2, 0) is 4.79 Å². The summed E-state index contributed by atoms with van der Waals surface area (Å²) in [5, 5.41) is 10.3. The zero-order chi connectivity index (χ0) is 14.9. The number of aliphatic hydroxyl groups is 1. The van der Waals surface area contributed by atoms with Gasteiger partial charge in [0.1, 0.15) is 0 Å². The van der Waals surface area contributed by atoms with Gasteiger partial charge in [-0.1, -0.05) is 23.6 Å². The lowest BCUT2D eigenvalue weighted by atomic mass is 10.0. The maximum Gasteiger partial charge on any atom is 0.234 e. The number of hydrogen-bond acceptors (Lipinski definition) is 3. The van der Waals surface area contributed by atoms with Crippen LogP contribution >= 0.6 is 11.6 Å². The molecule has 3 N–H and O–H groups in total. The minimum Gasteiger partial charge on any atom is -0.392 e. The van der Waals surface area contributed by atoms with Gasteiger partial charge >= 0.3 is 0 Å². The third-order valence-electron chi connectivity index (χ3n) is 3.76. The van der Waals surface area contributed by atoms with Crippen LogP contribution in [0.3, 0.4) is 0 Å². The standard InChI is InChI=1S/C15H17ClN2O2/c1-3-10-4-5-12(13(16)6-10)9(2)18-8-11(19)7-14(18)15(17)20/h1,4-6,9,11,14,19H,7-8H2,2H3,(H2,17,20)/t9-,11?,14?/m0/s1. The topological polar surface area (TPSA) is 66.6 Å². The number of likely N-dealkylation sites (tertiary alicyclic amines) is 1. The number of carbonyl (C=O) groups is 1. The Morgan fingerprint density at radius 1 is 1.65 bits per heavy atom. The SMILES string of the molecule is C#Cc1ccc([C@H](C)N2CC(O)CC2C(N)=O)c(Cl)c1. The maximum atomic E-state index is 11.5. The molecule has 1 saturated heterocycles. The summed E-state index contributed by atoms with van der Waals surface area (Å²) < 4.78 is 0. The van der Waals surface area contributed by atoms with Crippen LogP contribution < -0.4 is 5.73 Å². The molecule has 1 aromatic carbocycles. The molecule has 20 heavy (non-hydrogen) atoms. The summed E-state index contributed by atoms with van der Waals surface area (Å²) in [5.74, 6) is 2.10. The van der Waals surface area contributed by atoms with E-state index in [0.717, 1.165) is 5.56 Å². The molecular weight excluding hydrogens is 276 g/mol. The first kappa shape index (κ1) is 14.9. The molecule has 3 atom stereocenters. The van der Waals surface area contributed by atoms with Gasteiger partial charge in [-0.3, -0.25) is 9.69 Å². The van der Waals surface area contributed by atoms with Gasteiger partial charge in [-0.2, -0.15) is 0 Å². The number of benzene rings is 1. The van der Waals surface area contributed by atoms with E-state index in [2.05, 4.69) is 5.92 Å². The van der Waals surface area contributed by atoms with Crippen molar-refractivity contribution in [3.63, 3.8) is 0 Å². The van der Waals surface area contributed by atoms with Crippen molar-refractivity contribution in [3.8, 4) is 12.3 Å². The van der Waals surface area contributed by atoms with Crippen LogP contribution in [0.15, 0.2) is 18.2 Å². The Bertz CT molecular complexity index is 567. The minimum atomic E-state index is -0.543. The molecule has 0 saturated carbocycles. The monoisotopic (exact) mass is 292 g/mol. The summed E-state index contributed by atoms with van der Waals surface area (Å²) in [6.07, 6.45) is 5.15. The van der Waals surface area contributed by atoms with Crippen molar-refractivity contribution in [2.45, 2.75) is 31.5 Å². The quantitative estimate of drug-likeness (QED) is 0.825. The summed E-state index contributed by atoms with van der Waals surface area (Å²) in [6, 6.07) is 4.79. The summed E-state index contributed by atoms with van der Waals surface area (Å²) in [6.45, 7) is 2.34. The average molecular weight is 293 g/mol. The van der Waals surface area contributed by atoms with E-state index in [1.807, 2.05) is 24.0 Å². The van der Waals surface area contributed by atoms with E-state index in [1.54, 1.807) is 6.07 Å². The third-order valence-corrected chi connectivity index (χ3v) is 4.09. The van der Waals surface area contributed by atoms with Gasteiger partial charge in [-0.25, -0.2) is 0 Å². The molecule has 0 radical (unpaired) electrons. The molecular formula is C15H17ClN2O2. The molecule has 1 aliphatic heterocycles. The second kappa shape index (κ2) is 5.84. The number of hydrogen-bond donors (Lipinski definition) is 2. The van der Waals surface area contributed by atoms with Gasteiger partial charge in [0.25, 0.3) is 0 Å². The van der Waals surface area contributed by atoms with Crippen LogP contribution in [0.4, 0.5) is 0 Å². The molecule has 1 aliphatic rings. The van der Waals surface area contributed by atoms with Gasteiger partial charge < -0.3 is 10.8 Å². The maximum absolute atomic E-state index is 11.5. The fraction of sp³-hybridized carbons (Fsp3) is 0.400. The number of nitrogens with zero attached hydrogens (tertiary/aromatic N) is 1. The number of terminal acetylenes is 1. The van der Waals surface area contributed by atoms with E-state index in [0.29, 0.717) is 23.6 Å². The van der Waals surface area contributed by atoms with Gasteiger partial charge in [0.2, 0.25) is 5.91 Å². The Kier molecular flexibility index (Phi) is 4.34. The lowest BCUT2D eigenvalue weighted by Gasteiger charge is -2.29. The number of aliphatic hydroxyl groups excluding tert-OH is 1. The molecule has 1 amide bonds. The van der Waals surface area contributed by atoms with Gasteiger partial charge in [-0.15, -0.1) is 6.42 Å². The second-order valence-electron chi connectivity index (χ2n) is 5.06. The molecule has 1 heterocycles. The van der Waals surface area contributed by atoms with Crippen LogP contribution in [0.5, 0.6) is 0 Å². The zero-order valence-corrected chi connectivity index (χ0v) is 12.0. The Morgan fingerprint density at radius 3 is 2.90 bits per heavy atom. The highest BCUT2D eigenvalue weighted by molar-refractivity contribution is 6.31. The smallest absolute Gasteiger partial charge is 0.234 e. The molecule has 4 nitrogen and oxygen atoms in total. The summed E-state index contributed by atoms with van der Waals surface area (Å²) in [7, 11) is 0. The van der Waals surface area contributed by atoms with E-state index in [4.69, 9.17) is 23.8 Å². The van der Waals surface area contributed by atoms with E-state index in [1.165, 1.54) is 0 Å². The van der Waals surface area contributed by atoms with Crippen LogP contribution in [0.1, 0.15) is 30.5 Å². The van der Waals surface area contributed by atoms with Gasteiger partial charge in [-0.05, 0) is 31.0 Å². The number of nitrogens with two attached hydrogens (primary N) is 1. The van der Waals surface area contributed by atoms with Gasteiger partial charge in [0.15, 0.2) is 0 Å². The number of rotatable bonds is 3. The van der Waals surface area contributed by atoms with E-state index < -0.39 is 18.1 Å². The fourth-order valence-electron chi connectivity index (χ4n) is 2.68. The minimum absolute atomic E-state index is 0.121. The van der Waals surface area contributed by atoms with Crippen molar-refractivity contribution in [1.82, 2.24) is 4.90 Å². The fourth-order valence-corrected chi connectivity index (χ4v) is 3.02. The number of carbonyl (C=O) groups excluding carboxylic acids is 1. The van der Waals surface area contributed by atoms with Gasteiger partial charge in [0, 0.05) is 23.2 Å². The number of β-amino-alcohol motifs (C(OH)–C–C–N with tert-alkyl or cyclic N) is 1. The van der Waals surface area contributed by atoms with Crippen molar-refractivity contribution < 1.29 is 9.90 Å². The third kappa shape index (κ3) is 2.80. The molecule has 0 aromatic heterocycles. The first-order valence-corrected chi connectivity index (χ1v) is 6.81. The molecule has 2 rings (SSSR count). The van der Waals surface area contributed by atoms with Crippen molar-refractivity contribution >= 4 is 17.5 Å². The number of primary amides is 1. The highest BCUT2D eigenvalue weighted by Gasteiger charge is 2.38. The van der Waals surface area contributed by atoms with Crippen molar-refractivity contribution in [3.05, 3.63) is 34.3 Å². The molecule has 1 aromatic rings. The Hall–Kier alpha value is -1.54. The summed E-state index contributed by atoms with van der Waals surface area (Å²) in [4.78, 5) is 13.4. The first-order chi connectivity index (χ1) is 9.43. The predicted octanol–water partition coefficient (Wildman–Crippen LogP) is 1.30. The van der Waals surface area contributed by atoms with E-state index in [-0.39, 0.29) is 6.04 Å². The van der Waals surface area contributed by atoms with Crippen molar-refractivity contribution in [2.24, 2.45) is 5.73 Å². The van der Waals surface area contributed by atoms with Crippen molar-refractivity contribution in [2.75, 3.05) is 6.54 Å². The largest absolute Gasteiger partial charge is 0.392 e. The lowest BCUT2D eigenvalue weighted by Crippen LogP contribution is -2.41. The average Bonchev–Trinajstić information content (AvgIpc) is 2.80. The first-order valence-electron chi connectivity index (χ1n) is 6.43. The molecule has 5 heteroatoms. The number of halogens is 1. The van der Waals surface area contributed by atoms with Crippen LogP contribution in [0, 0.1) is 12.3 Å². The van der Waals surface area contributed by atoms with Gasteiger partial charge in [0.05, 0.1) is 12.1 Å². The summed E-state index contributed by atoms with van der Waals surface area (Å²) >= 11 is 6.24. The Morgan fingerprint density at radius 2 is 2.35 bits per heavy atom. The number of amides is 1. The highest BCUT2D eigenvalue weighted by atomic mass is 35.5. The molecule has 106 valence electrons.